The first-order valence-electron chi connectivity index (χ1n) is 10.0. The van der Waals surface area contributed by atoms with E-state index >= 15 is 0 Å². The number of ether oxygens (including phenoxy) is 2. The maximum absolute atomic E-state index is 12.9. The molecule has 7 heteroatoms. The van der Waals surface area contributed by atoms with E-state index in [-0.39, 0.29) is 11.5 Å². The molecule has 0 bridgehead atoms. The molecule has 0 radical (unpaired) electrons. The number of rotatable bonds is 5. The molecule has 30 heavy (non-hydrogen) atoms. The third-order valence-corrected chi connectivity index (χ3v) is 5.06. The first kappa shape index (κ1) is 20.0. The number of aromatic nitrogens is 1. The molecule has 156 valence electrons. The largest absolute Gasteiger partial charge is 0.490 e. The number of nitrogens with one attached hydrogen (secondary N) is 1. The second-order valence-corrected chi connectivity index (χ2v) is 7.55. The van der Waals surface area contributed by atoms with E-state index in [9.17, 15) is 9.59 Å². The summed E-state index contributed by atoms with van der Waals surface area (Å²) in [6, 6.07) is 12.4. The second kappa shape index (κ2) is 8.59. The Kier molecular flexibility index (Phi) is 5.72. The van der Waals surface area contributed by atoms with Crippen molar-refractivity contribution >= 4 is 22.4 Å². The molecule has 2 aromatic carbocycles. The molecule has 3 aromatic rings. The Hall–Kier alpha value is -3.32. The fourth-order valence-corrected chi connectivity index (χ4v) is 3.41. The van der Waals surface area contributed by atoms with Gasteiger partial charge in [0.25, 0.3) is 11.5 Å². The van der Waals surface area contributed by atoms with E-state index < -0.39 is 0 Å². The van der Waals surface area contributed by atoms with Gasteiger partial charge in [0, 0.05) is 47.7 Å². The highest BCUT2D eigenvalue weighted by molar-refractivity contribution is 6.09. The predicted octanol–water partition coefficient (Wildman–Crippen LogP) is 2.98. The van der Waals surface area contributed by atoms with Gasteiger partial charge in [-0.3, -0.25) is 9.59 Å². The Labute approximate surface area is 174 Å². The van der Waals surface area contributed by atoms with Crippen LogP contribution in [0.25, 0.3) is 10.8 Å². The minimum Gasteiger partial charge on any atom is -0.490 e. The van der Waals surface area contributed by atoms with Crippen LogP contribution in [0.15, 0.2) is 53.5 Å². The van der Waals surface area contributed by atoms with E-state index in [0.29, 0.717) is 53.3 Å². The smallest absolute Gasteiger partial charge is 0.258 e. The number of fused-ring (bicyclic) bond motifs is 2. The van der Waals surface area contributed by atoms with Crippen LogP contribution in [0.3, 0.4) is 0 Å². The second-order valence-electron chi connectivity index (χ2n) is 7.55. The van der Waals surface area contributed by atoms with Crippen LogP contribution in [0, 0.1) is 0 Å². The van der Waals surface area contributed by atoms with Crippen molar-refractivity contribution in [1.82, 2.24) is 9.47 Å². The molecule has 4 rings (SSSR count). The number of carbonyl (C=O) groups is 1. The van der Waals surface area contributed by atoms with Gasteiger partial charge >= 0.3 is 0 Å². The maximum atomic E-state index is 12.9. The molecule has 1 N–H and O–H groups in total. The number of pyridine rings is 1. The van der Waals surface area contributed by atoms with Gasteiger partial charge in [-0.25, -0.2) is 0 Å². The van der Waals surface area contributed by atoms with Crippen LogP contribution < -0.4 is 20.3 Å². The summed E-state index contributed by atoms with van der Waals surface area (Å²) in [4.78, 5) is 27.7. The summed E-state index contributed by atoms with van der Waals surface area (Å²) >= 11 is 0. The van der Waals surface area contributed by atoms with Gasteiger partial charge in [-0.05, 0) is 50.5 Å². The zero-order chi connectivity index (χ0) is 21.1. The van der Waals surface area contributed by atoms with Crippen LogP contribution in [0.1, 0.15) is 16.8 Å². The summed E-state index contributed by atoms with van der Waals surface area (Å²) < 4.78 is 13.0. The van der Waals surface area contributed by atoms with E-state index in [2.05, 4.69) is 5.32 Å². The van der Waals surface area contributed by atoms with E-state index in [0.717, 1.165) is 13.0 Å². The van der Waals surface area contributed by atoms with E-state index in [1.54, 1.807) is 47.2 Å². The zero-order valence-corrected chi connectivity index (χ0v) is 17.2. The van der Waals surface area contributed by atoms with Crippen LogP contribution in [0.4, 0.5) is 5.69 Å². The third-order valence-electron chi connectivity index (χ3n) is 5.06. The fourth-order valence-electron chi connectivity index (χ4n) is 3.41. The highest BCUT2D eigenvalue weighted by atomic mass is 16.5. The molecule has 1 aliphatic heterocycles. The number of hydrogen-bond donors (Lipinski definition) is 1. The first-order valence-corrected chi connectivity index (χ1v) is 10.0. The lowest BCUT2D eigenvalue weighted by molar-refractivity contribution is 0.102. The number of carbonyl (C=O) groups excluding carboxylic acids is 1. The van der Waals surface area contributed by atoms with Gasteiger partial charge < -0.3 is 24.3 Å². The molecular formula is C23H25N3O4. The topological polar surface area (TPSA) is 72.8 Å². The summed E-state index contributed by atoms with van der Waals surface area (Å²) in [5.41, 5.74) is 0.998. The molecule has 7 nitrogen and oxygen atoms in total. The van der Waals surface area contributed by atoms with Crippen molar-refractivity contribution < 1.29 is 14.3 Å². The van der Waals surface area contributed by atoms with Crippen LogP contribution in [0.5, 0.6) is 11.5 Å². The average Bonchev–Trinajstić information content (AvgIpc) is 2.98. The van der Waals surface area contributed by atoms with Gasteiger partial charge in [-0.15, -0.1) is 0 Å². The fraction of sp³-hybridized carbons (Fsp3) is 0.304. The number of amides is 1. The van der Waals surface area contributed by atoms with Crippen molar-refractivity contribution in [1.29, 1.82) is 0 Å². The molecule has 1 amide bonds. The minimum atomic E-state index is -0.269. The van der Waals surface area contributed by atoms with Crippen molar-refractivity contribution in [2.75, 3.05) is 39.2 Å². The maximum Gasteiger partial charge on any atom is 0.258 e. The van der Waals surface area contributed by atoms with Crippen LogP contribution in [-0.4, -0.2) is 49.2 Å². The summed E-state index contributed by atoms with van der Waals surface area (Å²) in [7, 11) is 3.94. The Bertz CT molecular complexity index is 1140. The van der Waals surface area contributed by atoms with Gasteiger partial charge in [0.05, 0.1) is 13.2 Å². The molecule has 2 heterocycles. The lowest BCUT2D eigenvalue weighted by atomic mass is 10.1. The number of anilines is 1. The predicted molar refractivity (Wildman–Crippen MR) is 117 cm³/mol. The molecule has 0 unspecified atom stereocenters. The van der Waals surface area contributed by atoms with E-state index in [4.69, 9.17) is 9.47 Å². The van der Waals surface area contributed by atoms with Crippen molar-refractivity contribution in [3.05, 3.63) is 64.6 Å². The molecule has 0 saturated heterocycles. The lowest BCUT2D eigenvalue weighted by Crippen LogP contribution is -2.26. The van der Waals surface area contributed by atoms with Crippen LogP contribution >= 0.6 is 0 Å². The standard InChI is InChI=1S/C23H25N3O4/c1-25(2)11-12-26-10-9-17-18(23(26)28)5-3-6-19(17)24-22(27)16-7-8-20-21(15-16)30-14-4-13-29-20/h3,5-10,15H,4,11-14H2,1-2H3,(H,24,27). The molecule has 0 atom stereocenters. The normalized spacial score (nSPS) is 13.3. The number of hydrogen-bond acceptors (Lipinski definition) is 5. The van der Waals surface area contributed by atoms with Gasteiger partial charge in [0.15, 0.2) is 11.5 Å². The van der Waals surface area contributed by atoms with Crippen LogP contribution in [-0.2, 0) is 6.54 Å². The molecular weight excluding hydrogens is 382 g/mol. The van der Waals surface area contributed by atoms with E-state index in [1.807, 2.05) is 25.1 Å². The van der Waals surface area contributed by atoms with Gasteiger partial charge in [-0.1, -0.05) is 6.07 Å². The lowest BCUT2D eigenvalue weighted by Gasteiger charge is -2.14. The third kappa shape index (κ3) is 4.16. The van der Waals surface area contributed by atoms with Crippen molar-refractivity contribution in [3.8, 4) is 11.5 Å². The number of likely N-dealkylation sites (N-methyl/N-ethyl adjacent to an activating group) is 1. The first-order chi connectivity index (χ1) is 14.5. The van der Waals surface area contributed by atoms with Crippen LogP contribution in [0.2, 0.25) is 0 Å². The highest BCUT2D eigenvalue weighted by Crippen LogP contribution is 2.31. The summed E-state index contributed by atoms with van der Waals surface area (Å²) in [6.45, 7) is 2.53. The Balaban J connectivity index is 1.61. The summed E-state index contributed by atoms with van der Waals surface area (Å²) in [5.74, 6) is 0.948. The molecule has 0 saturated carbocycles. The Morgan fingerprint density at radius 1 is 1.07 bits per heavy atom. The van der Waals surface area contributed by atoms with Gasteiger partial charge in [0.2, 0.25) is 0 Å². The van der Waals surface area contributed by atoms with E-state index in [1.165, 1.54) is 0 Å². The molecule has 0 fully saturated rings. The Morgan fingerprint density at radius 3 is 2.67 bits per heavy atom. The molecule has 1 aliphatic rings. The van der Waals surface area contributed by atoms with Gasteiger partial charge in [-0.2, -0.15) is 0 Å². The quantitative estimate of drug-likeness (QED) is 0.704. The van der Waals surface area contributed by atoms with Crippen molar-refractivity contribution in [2.24, 2.45) is 0 Å². The molecule has 0 aliphatic carbocycles. The molecule has 1 aromatic heterocycles. The Morgan fingerprint density at radius 2 is 1.87 bits per heavy atom. The average molecular weight is 407 g/mol. The monoisotopic (exact) mass is 407 g/mol. The minimum absolute atomic E-state index is 0.0685. The zero-order valence-electron chi connectivity index (χ0n) is 17.2. The number of benzene rings is 2. The van der Waals surface area contributed by atoms with Gasteiger partial charge in [0.1, 0.15) is 0 Å². The van der Waals surface area contributed by atoms with Crippen molar-refractivity contribution in [3.63, 3.8) is 0 Å². The molecule has 0 spiro atoms. The number of nitrogens with zero attached hydrogens (tertiary/aromatic N) is 2. The van der Waals surface area contributed by atoms with Crippen molar-refractivity contribution in [2.45, 2.75) is 13.0 Å². The SMILES string of the molecule is CN(C)CCn1ccc2c(NC(=O)c3ccc4c(c3)OCCCO4)cccc2c1=O. The summed E-state index contributed by atoms with van der Waals surface area (Å²) in [6.07, 6.45) is 2.58. The summed E-state index contributed by atoms with van der Waals surface area (Å²) in [5, 5.41) is 4.22. The highest BCUT2D eigenvalue weighted by Gasteiger charge is 2.15.